The molecule has 2 atom stereocenters. The number of imide groups is 1. The maximum absolute atomic E-state index is 12.7. The van der Waals surface area contributed by atoms with Gasteiger partial charge in [0.25, 0.3) is 11.8 Å². The lowest BCUT2D eigenvalue weighted by molar-refractivity contribution is -0.135. The van der Waals surface area contributed by atoms with E-state index in [2.05, 4.69) is 18.7 Å². The predicted molar refractivity (Wildman–Crippen MR) is 101 cm³/mol. The average Bonchev–Trinajstić information content (AvgIpc) is 2.90. The molecule has 0 bridgehead atoms. The zero-order valence-electron chi connectivity index (χ0n) is 16.2. The molecule has 0 spiro atoms. The molecule has 7 nitrogen and oxygen atoms in total. The zero-order chi connectivity index (χ0) is 19.6. The van der Waals surface area contributed by atoms with Crippen molar-refractivity contribution in [2.24, 2.45) is 0 Å². The molecule has 27 heavy (non-hydrogen) atoms. The third-order valence-electron chi connectivity index (χ3n) is 5.44. The Labute approximate surface area is 159 Å². The Morgan fingerprint density at radius 3 is 2.11 bits per heavy atom. The Morgan fingerprint density at radius 2 is 1.59 bits per heavy atom. The Balaban J connectivity index is 1.56. The number of carbonyl (C=O) groups is 3. The molecule has 1 saturated heterocycles. The Hall–Kier alpha value is -2.25. The van der Waals surface area contributed by atoms with Gasteiger partial charge in [-0.2, -0.15) is 0 Å². The lowest BCUT2D eigenvalue weighted by Gasteiger charge is -2.44. The molecule has 1 aromatic rings. The topological polar surface area (TPSA) is 70.2 Å². The van der Waals surface area contributed by atoms with Crippen molar-refractivity contribution in [3.63, 3.8) is 0 Å². The van der Waals surface area contributed by atoms with E-state index in [0.29, 0.717) is 30.8 Å². The lowest BCUT2D eigenvalue weighted by Crippen LogP contribution is -2.58. The van der Waals surface area contributed by atoms with Crippen molar-refractivity contribution in [3.8, 4) is 0 Å². The van der Waals surface area contributed by atoms with E-state index in [0.717, 1.165) is 6.54 Å². The summed E-state index contributed by atoms with van der Waals surface area (Å²) in [4.78, 5) is 42.9. The lowest BCUT2D eigenvalue weighted by atomic mass is 10.1. The molecule has 1 aromatic carbocycles. The molecule has 0 N–H and O–H groups in total. The highest BCUT2D eigenvalue weighted by Crippen LogP contribution is 2.23. The van der Waals surface area contributed by atoms with E-state index in [4.69, 9.17) is 4.74 Å². The smallest absolute Gasteiger partial charge is 0.261 e. The first-order chi connectivity index (χ1) is 12.9. The first-order valence-corrected chi connectivity index (χ1v) is 9.41. The van der Waals surface area contributed by atoms with Crippen LogP contribution >= 0.6 is 0 Å². The molecule has 7 heteroatoms. The van der Waals surface area contributed by atoms with Gasteiger partial charge in [-0.3, -0.25) is 24.2 Å². The Bertz CT molecular complexity index is 689. The van der Waals surface area contributed by atoms with Crippen LogP contribution in [0.25, 0.3) is 0 Å². The van der Waals surface area contributed by atoms with Crippen molar-refractivity contribution in [1.82, 2.24) is 14.7 Å². The van der Waals surface area contributed by atoms with E-state index in [1.165, 1.54) is 4.90 Å². The molecule has 2 aliphatic heterocycles. The average molecular weight is 373 g/mol. The van der Waals surface area contributed by atoms with Gasteiger partial charge in [0.2, 0.25) is 5.91 Å². The van der Waals surface area contributed by atoms with Crippen LogP contribution in [0.2, 0.25) is 0 Å². The fourth-order valence-electron chi connectivity index (χ4n) is 4.01. The molecular formula is C20H27N3O4. The van der Waals surface area contributed by atoms with Crippen molar-refractivity contribution in [1.29, 1.82) is 0 Å². The Morgan fingerprint density at radius 1 is 1.04 bits per heavy atom. The van der Waals surface area contributed by atoms with Gasteiger partial charge in [0.15, 0.2) is 0 Å². The van der Waals surface area contributed by atoms with E-state index in [-0.39, 0.29) is 42.8 Å². The van der Waals surface area contributed by atoms with E-state index < -0.39 is 0 Å². The van der Waals surface area contributed by atoms with Gasteiger partial charge in [-0.15, -0.1) is 0 Å². The van der Waals surface area contributed by atoms with Crippen molar-refractivity contribution in [2.75, 3.05) is 39.9 Å². The number of amides is 3. The highest BCUT2D eigenvalue weighted by molar-refractivity contribution is 6.21. The van der Waals surface area contributed by atoms with Crippen LogP contribution < -0.4 is 0 Å². The number of hydrogen-bond acceptors (Lipinski definition) is 5. The summed E-state index contributed by atoms with van der Waals surface area (Å²) < 4.78 is 5.17. The van der Waals surface area contributed by atoms with Gasteiger partial charge in [-0.05, 0) is 26.0 Å². The second-order valence-electron chi connectivity index (χ2n) is 7.28. The number of hydrogen-bond donors (Lipinski definition) is 0. The van der Waals surface area contributed by atoms with E-state index >= 15 is 0 Å². The summed E-state index contributed by atoms with van der Waals surface area (Å²) in [6.45, 7) is 7.14. The second-order valence-corrected chi connectivity index (χ2v) is 7.28. The monoisotopic (exact) mass is 373 g/mol. The highest BCUT2D eigenvalue weighted by atomic mass is 16.5. The third-order valence-corrected chi connectivity index (χ3v) is 5.44. The molecule has 2 aliphatic rings. The molecule has 3 rings (SSSR count). The van der Waals surface area contributed by atoms with Crippen LogP contribution in [0.15, 0.2) is 24.3 Å². The van der Waals surface area contributed by atoms with Gasteiger partial charge in [-0.1, -0.05) is 12.1 Å². The van der Waals surface area contributed by atoms with Crippen LogP contribution in [0, 0.1) is 0 Å². The van der Waals surface area contributed by atoms with Gasteiger partial charge < -0.3 is 9.64 Å². The number of piperazine rings is 1. The van der Waals surface area contributed by atoms with Crippen LogP contribution in [0.1, 0.15) is 41.0 Å². The van der Waals surface area contributed by atoms with Gasteiger partial charge in [0.1, 0.15) is 0 Å². The van der Waals surface area contributed by atoms with Crippen LogP contribution in [0.5, 0.6) is 0 Å². The van der Waals surface area contributed by atoms with Crippen molar-refractivity contribution in [3.05, 3.63) is 35.4 Å². The number of fused-ring (bicyclic) bond motifs is 1. The maximum Gasteiger partial charge on any atom is 0.261 e. The minimum absolute atomic E-state index is 0.0170. The summed E-state index contributed by atoms with van der Waals surface area (Å²) in [6.07, 6.45) is 0.156. The summed E-state index contributed by atoms with van der Waals surface area (Å²) in [5.41, 5.74) is 0.841. The summed E-state index contributed by atoms with van der Waals surface area (Å²) in [6, 6.07) is 7.27. The summed E-state index contributed by atoms with van der Waals surface area (Å²) >= 11 is 0. The quantitative estimate of drug-likeness (QED) is 0.702. The largest absolute Gasteiger partial charge is 0.383 e. The van der Waals surface area contributed by atoms with E-state index in [9.17, 15) is 14.4 Å². The number of benzene rings is 1. The molecule has 2 unspecified atom stereocenters. The fourth-order valence-corrected chi connectivity index (χ4v) is 4.01. The van der Waals surface area contributed by atoms with Crippen LogP contribution in [-0.4, -0.2) is 84.4 Å². The molecule has 0 saturated carbocycles. The molecule has 0 radical (unpaired) electrons. The van der Waals surface area contributed by atoms with E-state index in [1.807, 2.05) is 4.90 Å². The highest BCUT2D eigenvalue weighted by Gasteiger charge is 2.36. The molecular weight excluding hydrogens is 346 g/mol. The van der Waals surface area contributed by atoms with Gasteiger partial charge >= 0.3 is 0 Å². The molecule has 146 valence electrons. The number of methoxy groups -OCH3 is 1. The first kappa shape index (κ1) is 19.5. The molecule has 0 aromatic heterocycles. The molecule has 0 aliphatic carbocycles. The minimum atomic E-state index is -0.311. The standard InChI is InChI=1S/C20H27N3O4/c1-14-12-21(13-15(2)22(14)10-11-27-3)18(24)8-9-23-19(25)16-6-4-5-7-17(16)20(23)26/h4-7,14-15H,8-13H2,1-3H3. The second kappa shape index (κ2) is 8.19. The van der Waals surface area contributed by atoms with Crippen LogP contribution in [-0.2, 0) is 9.53 Å². The Kier molecular flexibility index (Phi) is 5.92. The molecule has 2 heterocycles. The summed E-state index contributed by atoms with van der Waals surface area (Å²) in [5.74, 6) is -0.638. The van der Waals surface area contributed by atoms with Crippen molar-refractivity contribution < 1.29 is 19.1 Å². The third kappa shape index (κ3) is 3.89. The van der Waals surface area contributed by atoms with Gasteiger partial charge in [0.05, 0.1) is 17.7 Å². The van der Waals surface area contributed by atoms with E-state index in [1.54, 1.807) is 31.4 Å². The number of ether oxygens (including phenoxy) is 1. The summed E-state index contributed by atoms with van der Waals surface area (Å²) in [7, 11) is 1.69. The zero-order valence-corrected chi connectivity index (χ0v) is 16.2. The van der Waals surface area contributed by atoms with Crippen molar-refractivity contribution in [2.45, 2.75) is 32.4 Å². The molecule has 1 fully saturated rings. The first-order valence-electron chi connectivity index (χ1n) is 9.41. The number of carbonyl (C=O) groups excluding carboxylic acids is 3. The SMILES string of the molecule is COCCN1C(C)CN(C(=O)CCN2C(=O)c3ccccc3C2=O)CC1C. The molecule has 3 amide bonds. The summed E-state index contributed by atoms with van der Waals surface area (Å²) in [5, 5.41) is 0. The number of nitrogens with zero attached hydrogens (tertiary/aromatic N) is 3. The normalized spacial score (nSPS) is 23.1. The number of rotatable bonds is 6. The van der Waals surface area contributed by atoms with Gasteiger partial charge in [-0.25, -0.2) is 0 Å². The van der Waals surface area contributed by atoms with Gasteiger partial charge in [0, 0.05) is 51.8 Å². The minimum Gasteiger partial charge on any atom is -0.383 e. The maximum atomic E-state index is 12.7. The fraction of sp³-hybridized carbons (Fsp3) is 0.550. The van der Waals surface area contributed by atoms with Crippen LogP contribution in [0.4, 0.5) is 0 Å². The van der Waals surface area contributed by atoms with Crippen LogP contribution in [0.3, 0.4) is 0 Å². The van der Waals surface area contributed by atoms with Crippen molar-refractivity contribution >= 4 is 17.7 Å². The predicted octanol–water partition coefficient (Wildman–Crippen LogP) is 1.24.